The molecule has 2 rings (SSSR count). The minimum absolute atomic E-state index is 0.0977. The third kappa shape index (κ3) is 4.69. The molecule has 0 aliphatic rings. The molecule has 0 bridgehead atoms. The van der Waals surface area contributed by atoms with Gasteiger partial charge in [-0.1, -0.05) is 50.0 Å². The van der Waals surface area contributed by atoms with Crippen LogP contribution in [0.4, 0.5) is 26.3 Å². The van der Waals surface area contributed by atoms with Crippen molar-refractivity contribution in [3.63, 3.8) is 0 Å². The Morgan fingerprint density at radius 1 is 0.893 bits per heavy atom. The van der Waals surface area contributed by atoms with Crippen LogP contribution >= 0.6 is 0 Å². The predicted molar refractivity (Wildman–Crippen MR) is 95.5 cm³/mol. The Labute approximate surface area is 159 Å². The quantitative estimate of drug-likeness (QED) is 0.285. The van der Waals surface area contributed by atoms with Gasteiger partial charge in [-0.15, -0.1) is 0 Å². The zero-order valence-electron chi connectivity index (χ0n) is 14.9. The van der Waals surface area contributed by atoms with Crippen LogP contribution in [-0.2, 0) is 16.3 Å². The minimum atomic E-state index is -6.07. The summed E-state index contributed by atoms with van der Waals surface area (Å²) in [5.74, 6) is -0.726. The van der Waals surface area contributed by atoms with E-state index >= 15 is 0 Å². The summed E-state index contributed by atoms with van der Waals surface area (Å²) in [5, 5.41) is -0.186. The van der Waals surface area contributed by atoms with Gasteiger partial charge in [-0.05, 0) is 22.9 Å². The summed E-state index contributed by atoms with van der Waals surface area (Å²) in [6.45, 7) is 4.72. The standard InChI is InChI=1S/C17H16F6O3SSi/c1-28(2,3)14-10-12(16(18,19)20)9-13(11-7-5-4-6-8-11)15(14)26-27(24,25)17(21,22)23/h4-10H,1-3H3. The Morgan fingerprint density at radius 3 is 1.86 bits per heavy atom. The lowest BCUT2D eigenvalue weighted by atomic mass is 10.0. The fraction of sp³-hybridized carbons (Fsp3) is 0.294. The van der Waals surface area contributed by atoms with Gasteiger partial charge in [0, 0.05) is 5.56 Å². The first-order valence-corrected chi connectivity index (χ1v) is 12.8. The summed E-state index contributed by atoms with van der Waals surface area (Å²) in [7, 11) is -8.84. The second-order valence-electron chi connectivity index (χ2n) is 7.00. The molecule has 28 heavy (non-hydrogen) atoms. The van der Waals surface area contributed by atoms with Crippen molar-refractivity contribution >= 4 is 23.4 Å². The molecule has 3 nitrogen and oxygen atoms in total. The molecule has 0 N–H and O–H groups in total. The van der Waals surface area contributed by atoms with Crippen molar-refractivity contribution in [1.29, 1.82) is 0 Å². The molecule has 0 spiro atoms. The van der Waals surface area contributed by atoms with Gasteiger partial charge in [-0.2, -0.15) is 34.8 Å². The van der Waals surface area contributed by atoms with Crippen molar-refractivity contribution in [3.8, 4) is 16.9 Å². The molecule has 2 aromatic rings. The van der Waals surface area contributed by atoms with E-state index in [1.165, 1.54) is 24.3 Å². The van der Waals surface area contributed by atoms with E-state index < -0.39 is 41.2 Å². The van der Waals surface area contributed by atoms with Gasteiger partial charge in [-0.3, -0.25) is 0 Å². The molecule has 0 unspecified atom stereocenters. The number of rotatable bonds is 4. The topological polar surface area (TPSA) is 43.4 Å². The fourth-order valence-electron chi connectivity index (χ4n) is 2.43. The van der Waals surface area contributed by atoms with Crippen LogP contribution in [0, 0.1) is 0 Å². The van der Waals surface area contributed by atoms with E-state index in [4.69, 9.17) is 0 Å². The van der Waals surface area contributed by atoms with Gasteiger partial charge < -0.3 is 4.18 Å². The molecule has 0 saturated heterocycles. The Bertz CT molecular complexity index is 961. The highest BCUT2D eigenvalue weighted by Gasteiger charge is 2.49. The molecule has 0 saturated carbocycles. The molecule has 0 amide bonds. The van der Waals surface area contributed by atoms with Crippen LogP contribution in [0.1, 0.15) is 5.56 Å². The van der Waals surface area contributed by atoms with E-state index in [1.54, 1.807) is 25.7 Å². The van der Waals surface area contributed by atoms with Crippen LogP contribution in [0.5, 0.6) is 5.75 Å². The third-order valence-electron chi connectivity index (χ3n) is 3.79. The van der Waals surface area contributed by atoms with Crippen molar-refractivity contribution < 1.29 is 38.9 Å². The molecule has 0 aliphatic heterocycles. The molecule has 0 aliphatic carbocycles. The number of halogens is 6. The first-order chi connectivity index (χ1) is 12.5. The highest BCUT2D eigenvalue weighted by molar-refractivity contribution is 7.88. The first kappa shape index (κ1) is 22.3. The van der Waals surface area contributed by atoms with Gasteiger partial charge in [-0.25, -0.2) is 0 Å². The average molecular weight is 442 g/mol. The van der Waals surface area contributed by atoms with Gasteiger partial charge in [0.1, 0.15) is 5.75 Å². The van der Waals surface area contributed by atoms with Crippen LogP contribution in [0.3, 0.4) is 0 Å². The second-order valence-corrected chi connectivity index (χ2v) is 13.6. The van der Waals surface area contributed by atoms with E-state index in [9.17, 15) is 34.8 Å². The maximum absolute atomic E-state index is 13.4. The maximum atomic E-state index is 13.4. The molecule has 2 aromatic carbocycles. The van der Waals surface area contributed by atoms with Crippen LogP contribution in [0.25, 0.3) is 11.1 Å². The number of hydrogen-bond donors (Lipinski definition) is 0. The lowest BCUT2D eigenvalue weighted by molar-refractivity contribution is -0.137. The Hall–Kier alpha value is -2.01. The van der Waals surface area contributed by atoms with Crippen LogP contribution in [0.2, 0.25) is 19.6 Å². The summed E-state index contributed by atoms with van der Waals surface area (Å²) < 4.78 is 106. The SMILES string of the molecule is C[Si](C)(C)c1cc(C(F)(F)F)cc(-c2ccccc2)c1OS(=O)(=O)C(F)(F)F. The number of hydrogen-bond acceptors (Lipinski definition) is 3. The summed E-state index contributed by atoms with van der Waals surface area (Å²) in [4.78, 5) is 0. The summed E-state index contributed by atoms with van der Waals surface area (Å²) in [5.41, 5.74) is -7.10. The smallest absolute Gasteiger partial charge is 0.375 e. The summed E-state index contributed by atoms with van der Waals surface area (Å²) in [6, 6.07) is 8.47. The lowest BCUT2D eigenvalue weighted by Gasteiger charge is -2.25. The molecule has 0 radical (unpaired) electrons. The molecule has 0 fully saturated rings. The van der Waals surface area contributed by atoms with Crippen LogP contribution in [0.15, 0.2) is 42.5 Å². The largest absolute Gasteiger partial charge is 0.534 e. The van der Waals surface area contributed by atoms with Crippen LogP contribution < -0.4 is 9.37 Å². The average Bonchev–Trinajstić information content (AvgIpc) is 2.52. The fourth-order valence-corrected chi connectivity index (χ4v) is 4.45. The monoisotopic (exact) mass is 442 g/mol. The van der Waals surface area contributed by atoms with E-state index in [0.29, 0.717) is 12.1 Å². The zero-order valence-corrected chi connectivity index (χ0v) is 16.8. The third-order valence-corrected chi connectivity index (χ3v) is 6.73. The van der Waals surface area contributed by atoms with Gasteiger partial charge in [0.2, 0.25) is 0 Å². The van der Waals surface area contributed by atoms with E-state index in [-0.39, 0.29) is 16.3 Å². The highest BCUT2D eigenvalue weighted by atomic mass is 32.2. The Morgan fingerprint density at radius 2 is 1.43 bits per heavy atom. The van der Waals surface area contributed by atoms with Gasteiger partial charge in [0.15, 0.2) is 0 Å². The van der Waals surface area contributed by atoms with Crippen molar-refractivity contribution in [2.45, 2.75) is 31.3 Å². The van der Waals surface area contributed by atoms with Crippen molar-refractivity contribution in [2.24, 2.45) is 0 Å². The lowest BCUT2D eigenvalue weighted by Crippen LogP contribution is -2.41. The first-order valence-electron chi connectivity index (χ1n) is 7.86. The molecule has 0 aromatic heterocycles. The summed E-state index contributed by atoms with van der Waals surface area (Å²) >= 11 is 0. The van der Waals surface area contributed by atoms with Gasteiger partial charge >= 0.3 is 21.8 Å². The Balaban J connectivity index is 2.91. The normalized spacial score (nSPS) is 13.5. The maximum Gasteiger partial charge on any atom is 0.534 e. The second kappa shape index (κ2) is 7.10. The molecular weight excluding hydrogens is 426 g/mol. The summed E-state index contributed by atoms with van der Waals surface area (Å²) in [6.07, 6.45) is -4.78. The molecule has 0 heterocycles. The van der Waals surface area contributed by atoms with Crippen molar-refractivity contribution in [1.82, 2.24) is 0 Å². The van der Waals surface area contributed by atoms with Gasteiger partial charge in [0.05, 0.1) is 13.6 Å². The minimum Gasteiger partial charge on any atom is -0.375 e. The molecule has 0 atom stereocenters. The zero-order chi connectivity index (χ0) is 21.5. The Kier molecular flexibility index (Phi) is 5.65. The molecular formula is C17H16F6O3SSi. The van der Waals surface area contributed by atoms with E-state index in [1.807, 2.05) is 0 Å². The van der Waals surface area contributed by atoms with E-state index in [2.05, 4.69) is 4.18 Å². The van der Waals surface area contributed by atoms with E-state index in [0.717, 1.165) is 0 Å². The predicted octanol–water partition coefficient (Wildman–Crippen LogP) is 5.15. The van der Waals surface area contributed by atoms with Crippen molar-refractivity contribution in [3.05, 3.63) is 48.0 Å². The highest BCUT2D eigenvalue weighted by Crippen LogP contribution is 2.39. The number of alkyl halides is 6. The molecule has 154 valence electrons. The van der Waals surface area contributed by atoms with Crippen LogP contribution in [-0.4, -0.2) is 22.0 Å². The van der Waals surface area contributed by atoms with Crippen molar-refractivity contribution in [2.75, 3.05) is 0 Å². The molecule has 11 heteroatoms. The number of benzene rings is 2. The van der Waals surface area contributed by atoms with Gasteiger partial charge in [0.25, 0.3) is 0 Å².